The monoisotopic (exact) mass is 323 g/mol. The van der Waals surface area contributed by atoms with Crippen molar-refractivity contribution in [1.82, 2.24) is 5.32 Å². The summed E-state index contributed by atoms with van der Waals surface area (Å²) in [5, 5.41) is 2.77. The molecule has 0 fully saturated rings. The quantitative estimate of drug-likeness (QED) is 0.920. The van der Waals surface area contributed by atoms with Crippen molar-refractivity contribution in [2.24, 2.45) is 0 Å². The average Bonchev–Trinajstić information content (AvgIpc) is 2.92. The molecule has 0 bridgehead atoms. The lowest BCUT2D eigenvalue weighted by atomic mass is 10.2. The topological polar surface area (TPSA) is 63.2 Å². The van der Waals surface area contributed by atoms with Crippen LogP contribution in [-0.2, 0) is 22.8 Å². The van der Waals surface area contributed by atoms with Crippen LogP contribution < -0.4 is 5.32 Å². The first-order valence-corrected chi connectivity index (χ1v) is 9.27. The fourth-order valence-electron chi connectivity index (χ4n) is 1.95. The Morgan fingerprint density at radius 1 is 1.14 bits per heavy atom. The van der Waals surface area contributed by atoms with Crippen LogP contribution in [0.15, 0.2) is 41.3 Å². The summed E-state index contributed by atoms with van der Waals surface area (Å²) in [4.78, 5) is 14.6. The molecule has 1 aromatic heterocycles. The van der Waals surface area contributed by atoms with Gasteiger partial charge in [0.25, 0.3) is 5.91 Å². The van der Waals surface area contributed by atoms with Crippen LogP contribution in [0.5, 0.6) is 0 Å². The summed E-state index contributed by atoms with van der Waals surface area (Å²) < 4.78 is 23.4. The summed E-state index contributed by atoms with van der Waals surface area (Å²) in [6.07, 6.45) is 2.07. The fraction of sp³-hybridized carbons (Fsp3) is 0.267. The zero-order valence-electron chi connectivity index (χ0n) is 11.9. The van der Waals surface area contributed by atoms with Gasteiger partial charge in [0.15, 0.2) is 9.84 Å². The van der Waals surface area contributed by atoms with Crippen LogP contribution in [0.2, 0.25) is 0 Å². The van der Waals surface area contributed by atoms with Gasteiger partial charge in [-0.3, -0.25) is 4.79 Å². The maximum Gasteiger partial charge on any atom is 0.252 e. The molecule has 0 unspecified atom stereocenters. The predicted molar refractivity (Wildman–Crippen MR) is 84.4 cm³/mol. The Kier molecular flexibility index (Phi) is 4.80. The number of rotatable bonds is 5. The Balaban J connectivity index is 2.14. The first-order chi connectivity index (χ1) is 9.91. The van der Waals surface area contributed by atoms with Crippen molar-refractivity contribution in [3.8, 4) is 0 Å². The second-order valence-corrected chi connectivity index (χ2v) is 7.91. The van der Waals surface area contributed by atoms with Gasteiger partial charge < -0.3 is 5.32 Å². The molecule has 1 amide bonds. The summed E-state index contributed by atoms with van der Waals surface area (Å²) in [6.45, 7) is 2.48. The number of carbonyl (C=O) groups is 1. The van der Waals surface area contributed by atoms with Crippen molar-refractivity contribution in [2.75, 3.05) is 6.26 Å². The number of nitrogens with one attached hydrogen (secondary N) is 1. The maximum atomic E-state index is 12.2. The molecular formula is C15H17NO3S2. The lowest BCUT2D eigenvalue weighted by molar-refractivity contribution is 0.0948. The van der Waals surface area contributed by atoms with Gasteiger partial charge in [-0.2, -0.15) is 0 Å². The first kappa shape index (κ1) is 15.7. The van der Waals surface area contributed by atoms with E-state index in [1.807, 2.05) is 12.1 Å². The van der Waals surface area contributed by atoms with E-state index in [1.54, 1.807) is 23.5 Å². The van der Waals surface area contributed by atoms with Crippen LogP contribution in [-0.4, -0.2) is 20.6 Å². The third-order valence-corrected chi connectivity index (χ3v) is 5.40. The van der Waals surface area contributed by atoms with E-state index in [-0.39, 0.29) is 16.4 Å². The second kappa shape index (κ2) is 6.41. The van der Waals surface area contributed by atoms with Gasteiger partial charge in [0, 0.05) is 16.0 Å². The molecule has 1 N–H and O–H groups in total. The van der Waals surface area contributed by atoms with Crippen LogP contribution in [0.25, 0.3) is 0 Å². The third-order valence-electron chi connectivity index (χ3n) is 3.02. The van der Waals surface area contributed by atoms with Crippen LogP contribution in [0, 0.1) is 0 Å². The molecule has 0 atom stereocenters. The largest absolute Gasteiger partial charge is 0.347 e. The molecule has 0 aliphatic rings. The predicted octanol–water partition coefficient (Wildman–Crippen LogP) is 2.64. The van der Waals surface area contributed by atoms with Crippen LogP contribution in [0.3, 0.4) is 0 Å². The number of hydrogen-bond donors (Lipinski definition) is 1. The highest BCUT2D eigenvalue weighted by Crippen LogP contribution is 2.18. The standard InChI is InChI=1S/C15H17NO3S2/c1-3-11-8-9-12(20-11)10-16-15(17)13-6-4-5-7-14(13)21(2,18)19/h4-9H,3,10H2,1-2H3,(H,16,17). The van der Waals surface area contributed by atoms with Crippen LogP contribution in [0.4, 0.5) is 0 Å². The number of aryl methyl sites for hydroxylation is 1. The molecule has 0 spiro atoms. The molecular weight excluding hydrogens is 306 g/mol. The molecule has 1 aromatic carbocycles. The molecule has 6 heteroatoms. The van der Waals surface area contributed by atoms with E-state index in [4.69, 9.17) is 0 Å². The second-order valence-electron chi connectivity index (χ2n) is 4.67. The highest BCUT2D eigenvalue weighted by molar-refractivity contribution is 7.90. The number of benzene rings is 1. The third kappa shape index (κ3) is 3.92. The summed E-state index contributed by atoms with van der Waals surface area (Å²) in [7, 11) is -3.42. The van der Waals surface area contributed by atoms with E-state index in [0.29, 0.717) is 6.54 Å². The maximum absolute atomic E-state index is 12.2. The Bertz CT molecular complexity index is 748. The number of hydrogen-bond acceptors (Lipinski definition) is 4. The smallest absolute Gasteiger partial charge is 0.252 e. The van der Waals surface area contributed by atoms with E-state index in [0.717, 1.165) is 17.6 Å². The molecule has 0 aliphatic carbocycles. The molecule has 0 radical (unpaired) electrons. The lowest BCUT2D eigenvalue weighted by Crippen LogP contribution is -2.24. The van der Waals surface area contributed by atoms with E-state index >= 15 is 0 Å². The van der Waals surface area contributed by atoms with Crippen molar-refractivity contribution in [3.63, 3.8) is 0 Å². The Labute approximate surface area is 128 Å². The minimum atomic E-state index is -3.42. The zero-order chi connectivity index (χ0) is 15.5. The van der Waals surface area contributed by atoms with Crippen molar-refractivity contribution < 1.29 is 13.2 Å². The normalized spacial score (nSPS) is 11.3. The number of amides is 1. The molecule has 1 heterocycles. The van der Waals surface area contributed by atoms with Gasteiger partial charge in [-0.25, -0.2) is 8.42 Å². The summed E-state index contributed by atoms with van der Waals surface area (Å²) >= 11 is 1.65. The fourth-order valence-corrected chi connectivity index (χ4v) is 3.73. The number of sulfone groups is 1. The molecule has 2 aromatic rings. The molecule has 21 heavy (non-hydrogen) atoms. The van der Waals surface area contributed by atoms with Gasteiger partial charge >= 0.3 is 0 Å². The van der Waals surface area contributed by atoms with Crippen LogP contribution >= 0.6 is 11.3 Å². The Morgan fingerprint density at radius 3 is 2.43 bits per heavy atom. The van der Waals surface area contributed by atoms with Gasteiger partial charge in [-0.1, -0.05) is 19.1 Å². The van der Waals surface area contributed by atoms with E-state index < -0.39 is 9.84 Å². The molecule has 4 nitrogen and oxygen atoms in total. The highest BCUT2D eigenvalue weighted by Gasteiger charge is 2.17. The summed E-state index contributed by atoms with van der Waals surface area (Å²) in [5.74, 6) is -0.373. The average molecular weight is 323 g/mol. The minimum Gasteiger partial charge on any atom is -0.347 e. The summed E-state index contributed by atoms with van der Waals surface area (Å²) in [5.41, 5.74) is 0.187. The van der Waals surface area contributed by atoms with Gasteiger partial charge in [-0.15, -0.1) is 11.3 Å². The van der Waals surface area contributed by atoms with E-state index in [9.17, 15) is 13.2 Å². The molecule has 0 saturated carbocycles. The molecule has 0 aliphatic heterocycles. The molecule has 112 valence electrons. The van der Waals surface area contributed by atoms with Gasteiger partial charge in [-0.05, 0) is 30.7 Å². The number of carbonyl (C=O) groups excluding carboxylic acids is 1. The van der Waals surface area contributed by atoms with Crippen molar-refractivity contribution in [1.29, 1.82) is 0 Å². The lowest BCUT2D eigenvalue weighted by Gasteiger charge is -2.08. The van der Waals surface area contributed by atoms with Crippen molar-refractivity contribution in [2.45, 2.75) is 24.8 Å². The Morgan fingerprint density at radius 2 is 1.81 bits per heavy atom. The molecule has 2 rings (SSSR count). The van der Waals surface area contributed by atoms with Crippen molar-refractivity contribution >= 4 is 27.1 Å². The SMILES string of the molecule is CCc1ccc(CNC(=O)c2ccccc2S(C)(=O)=O)s1. The van der Waals surface area contributed by atoms with Gasteiger partial charge in [0.2, 0.25) is 0 Å². The van der Waals surface area contributed by atoms with Crippen LogP contribution in [0.1, 0.15) is 27.0 Å². The summed E-state index contributed by atoms with van der Waals surface area (Å²) in [6, 6.07) is 10.3. The molecule has 0 saturated heterocycles. The zero-order valence-corrected chi connectivity index (χ0v) is 13.6. The Hall–Kier alpha value is -1.66. The van der Waals surface area contributed by atoms with E-state index in [2.05, 4.69) is 12.2 Å². The van der Waals surface area contributed by atoms with Crippen molar-refractivity contribution in [3.05, 3.63) is 51.7 Å². The van der Waals surface area contributed by atoms with Gasteiger partial charge in [0.05, 0.1) is 17.0 Å². The van der Waals surface area contributed by atoms with Gasteiger partial charge in [0.1, 0.15) is 0 Å². The highest BCUT2D eigenvalue weighted by atomic mass is 32.2. The minimum absolute atomic E-state index is 0.0583. The first-order valence-electron chi connectivity index (χ1n) is 6.56. The number of thiophene rings is 1. The van der Waals surface area contributed by atoms with E-state index in [1.165, 1.54) is 17.0 Å².